The fourth-order valence-corrected chi connectivity index (χ4v) is 3.37. The van der Waals surface area contributed by atoms with Crippen molar-refractivity contribution >= 4 is 22.8 Å². The number of fused-ring (bicyclic) bond motifs is 1. The number of ether oxygens (including phenoxy) is 1. The molecule has 24 heavy (non-hydrogen) atoms. The summed E-state index contributed by atoms with van der Waals surface area (Å²) < 4.78 is 7.75. The predicted octanol–water partition coefficient (Wildman–Crippen LogP) is 4.25. The van der Waals surface area contributed by atoms with E-state index in [0.29, 0.717) is 6.10 Å². The van der Waals surface area contributed by atoms with Crippen LogP contribution < -0.4 is 0 Å². The highest BCUT2D eigenvalue weighted by atomic mass is 32.2. The van der Waals surface area contributed by atoms with Crippen LogP contribution in [0.25, 0.3) is 16.7 Å². The maximum absolute atomic E-state index is 5.84. The van der Waals surface area contributed by atoms with Crippen molar-refractivity contribution in [3.63, 3.8) is 0 Å². The summed E-state index contributed by atoms with van der Waals surface area (Å²) in [5.41, 5.74) is 3.15. The minimum Gasteiger partial charge on any atom is -0.378 e. The minimum atomic E-state index is 0.494. The second-order valence-corrected chi connectivity index (χ2v) is 7.07. The number of thioether (sulfide) groups is 1. The van der Waals surface area contributed by atoms with E-state index in [4.69, 9.17) is 4.74 Å². The topological polar surface area (TPSA) is 39.9 Å². The fraction of sp³-hybridized carbons (Fsp3) is 0.368. The summed E-state index contributed by atoms with van der Waals surface area (Å²) >= 11 is 1.73. The lowest BCUT2D eigenvalue weighted by atomic mass is 9.96. The molecule has 1 aliphatic rings. The molecule has 3 aromatic rings. The largest absolute Gasteiger partial charge is 0.378 e. The minimum absolute atomic E-state index is 0.494. The van der Waals surface area contributed by atoms with Gasteiger partial charge in [-0.2, -0.15) is 5.10 Å². The Balaban J connectivity index is 1.53. The van der Waals surface area contributed by atoms with Crippen molar-refractivity contribution in [1.29, 1.82) is 0 Å². The first-order valence-corrected chi connectivity index (χ1v) is 9.64. The van der Waals surface area contributed by atoms with Crippen LogP contribution in [0.4, 0.5) is 0 Å². The summed E-state index contributed by atoms with van der Waals surface area (Å²) in [5.74, 6) is 0. The summed E-state index contributed by atoms with van der Waals surface area (Å²) in [7, 11) is 0. The van der Waals surface area contributed by atoms with E-state index in [2.05, 4.69) is 46.7 Å². The van der Waals surface area contributed by atoms with Gasteiger partial charge in [-0.15, -0.1) is 11.8 Å². The van der Waals surface area contributed by atoms with E-state index >= 15 is 0 Å². The Hall–Kier alpha value is -1.85. The average Bonchev–Trinajstić information content (AvgIpc) is 3.00. The highest BCUT2D eigenvalue weighted by Crippen LogP contribution is 2.23. The number of hydrogen-bond acceptors (Lipinski definition) is 4. The van der Waals surface area contributed by atoms with E-state index in [1.54, 1.807) is 11.8 Å². The van der Waals surface area contributed by atoms with Crippen LogP contribution in [0.15, 0.2) is 47.6 Å². The van der Waals surface area contributed by atoms with E-state index in [1.165, 1.54) is 29.7 Å². The normalized spacial score (nSPS) is 14.9. The molecule has 2 heterocycles. The van der Waals surface area contributed by atoms with Gasteiger partial charge in [0.1, 0.15) is 0 Å². The first-order chi connectivity index (χ1) is 11.8. The van der Waals surface area contributed by atoms with Crippen molar-refractivity contribution in [3.05, 3.63) is 48.3 Å². The third-order valence-corrected chi connectivity index (χ3v) is 5.28. The van der Waals surface area contributed by atoms with Gasteiger partial charge < -0.3 is 4.74 Å². The molecule has 0 amide bonds. The molecule has 4 rings (SSSR count). The molecule has 0 atom stereocenters. The smallest absolute Gasteiger partial charge is 0.162 e. The molecule has 5 heteroatoms. The molecule has 1 aromatic carbocycles. The molecule has 1 aliphatic carbocycles. The quantitative estimate of drug-likeness (QED) is 0.629. The number of benzene rings is 1. The Bertz CT molecular complexity index is 841. The predicted molar refractivity (Wildman–Crippen MR) is 97.9 cm³/mol. The van der Waals surface area contributed by atoms with Crippen LogP contribution >= 0.6 is 11.8 Å². The molecule has 2 aromatic heterocycles. The number of nitrogens with zero attached hydrogens (tertiary/aromatic N) is 3. The van der Waals surface area contributed by atoms with Crippen LogP contribution in [0.2, 0.25) is 0 Å². The highest BCUT2D eigenvalue weighted by Gasteiger charge is 2.17. The molecule has 0 bridgehead atoms. The molecule has 0 spiro atoms. The Morgan fingerprint density at radius 3 is 2.96 bits per heavy atom. The molecule has 1 saturated carbocycles. The van der Waals surface area contributed by atoms with Gasteiger partial charge in [0, 0.05) is 16.5 Å². The van der Waals surface area contributed by atoms with Gasteiger partial charge >= 0.3 is 0 Å². The van der Waals surface area contributed by atoms with Gasteiger partial charge in [0.2, 0.25) is 0 Å². The summed E-state index contributed by atoms with van der Waals surface area (Å²) in [4.78, 5) is 5.87. The van der Waals surface area contributed by atoms with E-state index in [9.17, 15) is 0 Å². The molecule has 0 aliphatic heterocycles. The van der Waals surface area contributed by atoms with Crippen molar-refractivity contribution in [3.8, 4) is 5.69 Å². The zero-order valence-corrected chi connectivity index (χ0v) is 14.6. The molecular weight excluding hydrogens is 318 g/mol. The van der Waals surface area contributed by atoms with E-state index in [0.717, 1.165) is 29.7 Å². The van der Waals surface area contributed by atoms with Crippen LogP contribution in [-0.4, -0.2) is 33.7 Å². The molecule has 0 unspecified atom stereocenters. The first-order valence-electron chi connectivity index (χ1n) is 8.42. The second-order valence-electron chi connectivity index (χ2n) is 6.19. The summed E-state index contributed by atoms with van der Waals surface area (Å²) in [5, 5.41) is 5.60. The van der Waals surface area contributed by atoms with Gasteiger partial charge in [-0.3, -0.25) is 0 Å². The lowest BCUT2D eigenvalue weighted by Gasteiger charge is -2.25. The van der Waals surface area contributed by atoms with Gasteiger partial charge in [-0.1, -0.05) is 6.07 Å². The SMILES string of the molecule is CSc1cccc(-n2ncc3cc(CCOC4CCC4)cnc32)c1. The maximum atomic E-state index is 5.84. The van der Waals surface area contributed by atoms with Crippen molar-refractivity contribution in [1.82, 2.24) is 14.8 Å². The molecule has 1 fully saturated rings. The maximum Gasteiger partial charge on any atom is 0.162 e. The second kappa shape index (κ2) is 6.95. The monoisotopic (exact) mass is 339 g/mol. The Kier molecular flexibility index (Phi) is 4.54. The van der Waals surface area contributed by atoms with Gasteiger partial charge in [-0.25, -0.2) is 9.67 Å². The Labute approximate surface area is 146 Å². The number of aromatic nitrogens is 3. The van der Waals surface area contributed by atoms with Gasteiger partial charge in [0.15, 0.2) is 5.65 Å². The van der Waals surface area contributed by atoms with E-state index < -0.39 is 0 Å². The molecule has 0 saturated heterocycles. The lowest BCUT2D eigenvalue weighted by molar-refractivity contribution is 0.00412. The van der Waals surface area contributed by atoms with E-state index in [1.807, 2.05) is 17.1 Å². The average molecular weight is 339 g/mol. The van der Waals surface area contributed by atoms with Crippen molar-refractivity contribution in [2.24, 2.45) is 0 Å². The van der Waals surface area contributed by atoms with E-state index in [-0.39, 0.29) is 0 Å². The van der Waals surface area contributed by atoms with Gasteiger partial charge in [-0.05, 0) is 61.8 Å². The summed E-state index contributed by atoms with van der Waals surface area (Å²) in [6.07, 6.45) is 11.1. The van der Waals surface area contributed by atoms with Crippen molar-refractivity contribution in [2.75, 3.05) is 12.9 Å². The molecule has 4 nitrogen and oxygen atoms in total. The third kappa shape index (κ3) is 3.19. The summed E-state index contributed by atoms with van der Waals surface area (Å²) in [6.45, 7) is 0.780. The molecule has 0 radical (unpaired) electrons. The fourth-order valence-electron chi connectivity index (χ4n) is 2.92. The van der Waals surface area contributed by atoms with Crippen molar-refractivity contribution < 1.29 is 4.74 Å². The first kappa shape index (κ1) is 15.7. The van der Waals surface area contributed by atoms with Gasteiger partial charge in [0.25, 0.3) is 0 Å². The van der Waals surface area contributed by atoms with Crippen LogP contribution in [0.1, 0.15) is 24.8 Å². The molecule has 0 N–H and O–H groups in total. The number of pyridine rings is 1. The standard InChI is InChI=1S/C19H21N3OS/c1-24-18-7-2-4-16(11-18)22-19-15(13-21-22)10-14(12-20-19)8-9-23-17-5-3-6-17/h2,4,7,10-13,17H,3,5-6,8-9H2,1H3. The van der Waals surface area contributed by atoms with Crippen LogP contribution in [0.5, 0.6) is 0 Å². The number of rotatable bonds is 6. The zero-order chi connectivity index (χ0) is 16.4. The molecular formula is C19H21N3OS. The van der Waals surface area contributed by atoms with Crippen LogP contribution in [0.3, 0.4) is 0 Å². The van der Waals surface area contributed by atoms with Gasteiger partial charge in [0.05, 0.1) is 24.6 Å². The van der Waals surface area contributed by atoms with Crippen molar-refractivity contribution in [2.45, 2.75) is 36.7 Å². The number of hydrogen-bond donors (Lipinski definition) is 0. The van der Waals surface area contributed by atoms with Crippen LogP contribution in [0, 0.1) is 0 Å². The zero-order valence-electron chi connectivity index (χ0n) is 13.8. The highest BCUT2D eigenvalue weighted by molar-refractivity contribution is 7.98. The third-order valence-electron chi connectivity index (χ3n) is 4.56. The Morgan fingerprint density at radius 1 is 1.25 bits per heavy atom. The lowest BCUT2D eigenvalue weighted by Crippen LogP contribution is -2.22. The Morgan fingerprint density at radius 2 is 2.17 bits per heavy atom. The molecule has 124 valence electrons. The summed E-state index contributed by atoms with van der Waals surface area (Å²) in [6, 6.07) is 10.5. The van der Waals surface area contributed by atoms with Crippen LogP contribution in [-0.2, 0) is 11.2 Å².